The number of amides is 1. The maximum absolute atomic E-state index is 12.9. The second kappa shape index (κ2) is 6.20. The SMILES string of the molecule is CN(C)/C=C(\C(=O)NC1C2CC3CC(C2)CC1C3)C(=O)C1CCC1. The van der Waals surface area contributed by atoms with Crippen LogP contribution in [0.15, 0.2) is 11.8 Å². The molecular formula is C20H30N2O2. The summed E-state index contributed by atoms with van der Waals surface area (Å²) in [6, 6.07) is 0.296. The molecule has 0 unspecified atom stereocenters. The second-order valence-corrected chi connectivity index (χ2v) is 8.93. The van der Waals surface area contributed by atoms with E-state index in [-0.39, 0.29) is 17.6 Å². The molecule has 0 aromatic rings. The van der Waals surface area contributed by atoms with Crippen LogP contribution in [0.2, 0.25) is 0 Å². The van der Waals surface area contributed by atoms with Crippen LogP contribution in [0.1, 0.15) is 51.4 Å². The number of rotatable bonds is 5. The highest BCUT2D eigenvalue weighted by molar-refractivity contribution is 6.20. The zero-order valence-corrected chi connectivity index (χ0v) is 15.0. The molecule has 1 amide bonds. The molecule has 1 N–H and O–H groups in total. The van der Waals surface area contributed by atoms with Crippen molar-refractivity contribution in [2.24, 2.45) is 29.6 Å². The molecule has 5 fully saturated rings. The van der Waals surface area contributed by atoms with Crippen LogP contribution in [-0.4, -0.2) is 36.7 Å². The largest absolute Gasteiger partial charge is 0.383 e. The van der Waals surface area contributed by atoms with Crippen LogP contribution in [0.25, 0.3) is 0 Å². The maximum atomic E-state index is 12.9. The molecule has 4 bridgehead atoms. The van der Waals surface area contributed by atoms with Gasteiger partial charge in [0, 0.05) is 32.3 Å². The highest BCUT2D eigenvalue weighted by atomic mass is 16.2. The van der Waals surface area contributed by atoms with Crippen molar-refractivity contribution in [3.8, 4) is 0 Å². The summed E-state index contributed by atoms with van der Waals surface area (Å²) in [4.78, 5) is 27.4. The van der Waals surface area contributed by atoms with Gasteiger partial charge in [0.05, 0.1) is 5.57 Å². The predicted octanol–water partition coefficient (Wildman–Crippen LogP) is 2.74. The fourth-order valence-corrected chi connectivity index (χ4v) is 5.77. The van der Waals surface area contributed by atoms with Crippen LogP contribution < -0.4 is 5.32 Å². The zero-order chi connectivity index (χ0) is 16.8. The molecule has 24 heavy (non-hydrogen) atoms. The van der Waals surface area contributed by atoms with Gasteiger partial charge in [-0.25, -0.2) is 0 Å². The molecule has 0 atom stereocenters. The summed E-state index contributed by atoms with van der Waals surface area (Å²) in [5.41, 5.74) is 0.374. The average molecular weight is 330 g/mol. The molecule has 0 spiro atoms. The van der Waals surface area contributed by atoms with Crippen molar-refractivity contribution in [2.45, 2.75) is 57.4 Å². The van der Waals surface area contributed by atoms with Crippen LogP contribution in [0.4, 0.5) is 0 Å². The molecule has 0 aliphatic heterocycles. The number of hydrogen-bond acceptors (Lipinski definition) is 3. The van der Waals surface area contributed by atoms with Gasteiger partial charge in [-0.1, -0.05) is 6.42 Å². The number of nitrogens with one attached hydrogen (secondary N) is 1. The molecule has 5 aliphatic rings. The van der Waals surface area contributed by atoms with Gasteiger partial charge in [0.15, 0.2) is 5.78 Å². The van der Waals surface area contributed by atoms with E-state index in [4.69, 9.17) is 0 Å². The number of Topliss-reactive ketones (excluding diaryl/α,β-unsaturated/α-hetero) is 1. The molecule has 0 aromatic carbocycles. The summed E-state index contributed by atoms with van der Waals surface area (Å²) in [5, 5.41) is 3.30. The Balaban J connectivity index is 1.48. The molecule has 4 heteroatoms. The van der Waals surface area contributed by atoms with Gasteiger partial charge >= 0.3 is 0 Å². The van der Waals surface area contributed by atoms with Gasteiger partial charge in [-0.2, -0.15) is 0 Å². The van der Waals surface area contributed by atoms with Crippen molar-refractivity contribution >= 4 is 11.7 Å². The Morgan fingerprint density at radius 2 is 1.54 bits per heavy atom. The number of nitrogens with zero attached hydrogens (tertiary/aromatic N) is 1. The Morgan fingerprint density at radius 3 is 2.00 bits per heavy atom. The zero-order valence-electron chi connectivity index (χ0n) is 15.0. The minimum Gasteiger partial charge on any atom is -0.383 e. The molecule has 0 heterocycles. The van der Waals surface area contributed by atoms with Gasteiger partial charge in [0.2, 0.25) is 0 Å². The van der Waals surface area contributed by atoms with E-state index in [1.165, 1.54) is 32.1 Å². The predicted molar refractivity (Wildman–Crippen MR) is 93.1 cm³/mol. The van der Waals surface area contributed by atoms with Crippen LogP contribution in [-0.2, 0) is 9.59 Å². The number of carbonyl (C=O) groups excluding carboxylic acids is 2. The van der Waals surface area contributed by atoms with Crippen LogP contribution in [0.5, 0.6) is 0 Å². The first-order valence-electron chi connectivity index (χ1n) is 9.74. The van der Waals surface area contributed by atoms with E-state index in [1.54, 1.807) is 6.20 Å². The first-order valence-corrected chi connectivity index (χ1v) is 9.74. The summed E-state index contributed by atoms with van der Waals surface area (Å²) in [6.07, 6.45) is 11.3. The van der Waals surface area contributed by atoms with E-state index in [9.17, 15) is 9.59 Å². The van der Waals surface area contributed by atoms with Crippen molar-refractivity contribution in [3.05, 3.63) is 11.8 Å². The Morgan fingerprint density at radius 1 is 0.958 bits per heavy atom. The van der Waals surface area contributed by atoms with Crippen LogP contribution in [0, 0.1) is 29.6 Å². The molecule has 5 rings (SSSR count). The van der Waals surface area contributed by atoms with Gasteiger partial charge in [0.1, 0.15) is 0 Å². The quantitative estimate of drug-likeness (QED) is 0.479. The number of ketones is 1. The molecule has 4 nitrogen and oxygen atoms in total. The third kappa shape index (κ3) is 2.89. The molecule has 0 radical (unpaired) electrons. The van der Waals surface area contributed by atoms with E-state index in [0.717, 1.165) is 31.1 Å². The maximum Gasteiger partial charge on any atom is 0.256 e. The van der Waals surface area contributed by atoms with E-state index < -0.39 is 0 Å². The summed E-state index contributed by atoms with van der Waals surface area (Å²) in [7, 11) is 3.76. The smallest absolute Gasteiger partial charge is 0.256 e. The van der Waals surface area contributed by atoms with Crippen molar-refractivity contribution in [1.29, 1.82) is 0 Å². The van der Waals surface area contributed by atoms with Crippen molar-refractivity contribution in [2.75, 3.05) is 14.1 Å². The lowest BCUT2D eigenvalue weighted by molar-refractivity contribution is -0.127. The molecule has 5 saturated carbocycles. The first-order chi connectivity index (χ1) is 11.5. The summed E-state index contributed by atoms with van der Waals surface area (Å²) < 4.78 is 0. The van der Waals surface area contributed by atoms with Gasteiger partial charge in [0.25, 0.3) is 5.91 Å². The monoisotopic (exact) mass is 330 g/mol. The first kappa shape index (κ1) is 16.2. The number of carbonyl (C=O) groups is 2. The van der Waals surface area contributed by atoms with Crippen molar-refractivity contribution in [3.63, 3.8) is 0 Å². The minimum absolute atomic E-state index is 0.0521. The Bertz CT molecular complexity index is 534. The lowest BCUT2D eigenvalue weighted by Crippen LogP contribution is -2.56. The molecule has 132 valence electrons. The molecule has 5 aliphatic carbocycles. The van der Waals surface area contributed by atoms with E-state index in [1.807, 2.05) is 19.0 Å². The van der Waals surface area contributed by atoms with E-state index >= 15 is 0 Å². The summed E-state index contributed by atoms with van der Waals surface area (Å²) in [6.45, 7) is 0. The Kier molecular flexibility index (Phi) is 4.17. The minimum atomic E-state index is -0.127. The summed E-state index contributed by atoms with van der Waals surface area (Å²) in [5.74, 6) is 3.08. The lowest BCUT2D eigenvalue weighted by Gasteiger charge is -2.54. The molecule has 0 saturated heterocycles. The third-order valence-electron chi connectivity index (χ3n) is 6.90. The Labute approximate surface area is 145 Å². The molecular weight excluding hydrogens is 300 g/mol. The average Bonchev–Trinajstić information content (AvgIpc) is 2.45. The van der Waals surface area contributed by atoms with Gasteiger partial charge in [-0.3, -0.25) is 9.59 Å². The highest BCUT2D eigenvalue weighted by Gasteiger charge is 2.49. The lowest BCUT2D eigenvalue weighted by atomic mass is 9.54. The van der Waals surface area contributed by atoms with Gasteiger partial charge in [-0.15, -0.1) is 0 Å². The second-order valence-electron chi connectivity index (χ2n) is 8.93. The number of hydrogen-bond donors (Lipinski definition) is 1. The topological polar surface area (TPSA) is 49.4 Å². The third-order valence-corrected chi connectivity index (χ3v) is 6.90. The normalized spacial score (nSPS) is 37.9. The van der Waals surface area contributed by atoms with E-state index in [2.05, 4.69) is 5.32 Å². The Hall–Kier alpha value is -1.32. The van der Waals surface area contributed by atoms with Crippen molar-refractivity contribution in [1.82, 2.24) is 10.2 Å². The van der Waals surface area contributed by atoms with Crippen molar-refractivity contribution < 1.29 is 9.59 Å². The standard InChI is InChI=1S/C20H30N2O2/c1-22(2)11-17(19(23)14-4-3-5-14)20(24)21-18-15-7-12-6-13(9-15)10-16(18)8-12/h11-16,18H,3-10H2,1-2H3,(H,21,24)/b17-11-. The molecule has 0 aromatic heterocycles. The highest BCUT2D eigenvalue weighted by Crippen LogP contribution is 2.53. The van der Waals surface area contributed by atoms with Crippen LogP contribution in [0.3, 0.4) is 0 Å². The summed E-state index contributed by atoms with van der Waals surface area (Å²) >= 11 is 0. The van der Waals surface area contributed by atoms with Gasteiger partial charge < -0.3 is 10.2 Å². The fourth-order valence-electron chi connectivity index (χ4n) is 5.77. The van der Waals surface area contributed by atoms with Crippen LogP contribution >= 0.6 is 0 Å². The van der Waals surface area contributed by atoms with E-state index in [0.29, 0.717) is 23.5 Å². The van der Waals surface area contributed by atoms with Gasteiger partial charge in [-0.05, 0) is 68.6 Å². The fraction of sp³-hybridized carbons (Fsp3) is 0.800.